The van der Waals surface area contributed by atoms with Crippen LogP contribution in [0.15, 0.2) is 18.2 Å². The molecule has 114 valence electrons. The zero-order chi connectivity index (χ0) is 15.4. The molecule has 0 radical (unpaired) electrons. The van der Waals surface area contributed by atoms with Crippen LogP contribution in [0, 0.1) is 5.82 Å². The van der Waals surface area contributed by atoms with Crippen molar-refractivity contribution in [3.8, 4) is 10.6 Å². The Balaban J connectivity index is 2.33. The van der Waals surface area contributed by atoms with Gasteiger partial charge in [0.05, 0.1) is 5.69 Å². The number of nitrogens with zero attached hydrogens (tertiary/aromatic N) is 1. The number of nitrogens with one attached hydrogen (secondary N) is 1. The summed E-state index contributed by atoms with van der Waals surface area (Å²) in [6.45, 7) is 7.13. The van der Waals surface area contributed by atoms with E-state index in [1.165, 1.54) is 10.9 Å². The van der Waals surface area contributed by atoms with Gasteiger partial charge < -0.3 is 5.32 Å². The van der Waals surface area contributed by atoms with Crippen LogP contribution in [0.4, 0.5) is 4.39 Å². The summed E-state index contributed by atoms with van der Waals surface area (Å²) >= 11 is 7.37. The summed E-state index contributed by atoms with van der Waals surface area (Å²) in [6, 6.07) is 5.15. The summed E-state index contributed by atoms with van der Waals surface area (Å²) in [5, 5.41) is 4.54. The molecule has 0 unspecified atom stereocenters. The normalized spacial score (nSPS) is 11.3. The van der Waals surface area contributed by atoms with Gasteiger partial charge in [0.25, 0.3) is 0 Å². The van der Waals surface area contributed by atoms with Crippen LogP contribution in [-0.2, 0) is 13.0 Å². The fourth-order valence-corrected chi connectivity index (χ4v) is 3.27. The van der Waals surface area contributed by atoms with Gasteiger partial charge in [0.15, 0.2) is 0 Å². The second-order valence-electron chi connectivity index (χ2n) is 5.30. The summed E-state index contributed by atoms with van der Waals surface area (Å²) in [7, 11) is 0. The van der Waals surface area contributed by atoms with Gasteiger partial charge in [-0.25, -0.2) is 9.37 Å². The van der Waals surface area contributed by atoms with Crippen LogP contribution in [0.1, 0.15) is 37.8 Å². The highest BCUT2D eigenvalue weighted by atomic mass is 35.5. The highest BCUT2D eigenvalue weighted by Gasteiger charge is 2.15. The fourth-order valence-electron chi connectivity index (χ4n) is 2.03. The van der Waals surface area contributed by atoms with Gasteiger partial charge in [-0.2, -0.15) is 0 Å². The number of halogens is 2. The van der Waals surface area contributed by atoms with E-state index in [-0.39, 0.29) is 5.82 Å². The molecule has 0 fully saturated rings. The zero-order valence-electron chi connectivity index (χ0n) is 12.5. The predicted molar refractivity (Wildman–Crippen MR) is 88.5 cm³/mol. The number of aryl methyl sites for hydroxylation is 1. The molecule has 0 saturated heterocycles. The SMILES string of the molecule is CCCc1nc(-c2ccc(Cl)cc2F)sc1CNC(C)C. The number of aromatic nitrogens is 1. The molecule has 2 nitrogen and oxygen atoms in total. The van der Waals surface area contributed by atoms with Gasteiger partial charge in [0.2, 0.25) is 0 Å². The van der Waals surface area contributed by atoms with Crippen LogP contribution in [0.5, 0.6) is 0 Å². The molecule has 0 saturated carbocycles. The molecule has 1 heterocycles. The Kier molecular flexibility index (Phi) is 5.73. The quantitative estimate of drug-likeness (QED) is 0.803. The lowest BCUT2D eigenvalue weighted by Crippen LogP contribution is -2.21. The van der Waals surface area contributed by atoms with Crippen molar-refractivity contribution in [2.45, 2.75) is 46.2 Å². The molecule has 0 atom stereocenters. The largest absolute Gasteiger partial charge is 0.310 e. The summed E-state index contributed by atoms with van der Waals surface area (Å²) in [4.78, 5) is 5.82. The highest BCUT2D eigenvalue weighted by Crippen LogP contribution is 2.31. The van der Waals surface area contributed by atoms with Crippen molar-refractivity contribution in [1.29, 1.82) is 0 Å². The third kappa shape index (κ3) is 4.25. The van der Waals surface area contributed by atoms with Crippen molar-refractivity contribution in [3.05, 3.63) is 39.6 Å². The third-order valence-corrected chi connectivity index (χ3v) is 4.46. The highest BCUT2D eigenvalue weighted by molar-refractivity contribution is 7.15. The average molecular weight is 327 g/mol. The van der Waals surface area contributed by atoms with Crippen molar-refractivity contribution in [1.82, 2.24) is 10.3 Å². The molecular formula is C16H20ClFN2S. The molecule has 0 bridgehead atoms. The van der Waals surface area contributed by atoms with E-state index in [1.807, 2.05) is 0 Å². The van der Waals surface area contributed by atoms with Gasteiger partial charge in [0, 0.05) is 28.0 Å². The van der Waals surface area contributed by atoms with Gasteiger partial charge in [-0.3, -0.25) is 0 Å². The van der Waals surface area contributed by atoms with E-state index in [9.17, 15) is 4.39 Å². The molecule has 2 aromatic rings. The Morgan fingerprint density at radius 3 is 2.76 bits per heavy atom. The van der Waals surface area contributed by atoms with Gasteiger partial charge in [-0.1, -0.05) is 38.8 Å². The lowest BCUT2D eigenvalue weighted by molar-refractivity contribution is 0.589. The number of rotatable bonds is 6. The molecule has 1 aromatic heterocycles. The van der Waals surface area contributed by atoms with E-state index < -0.39 is 0 Å². The summed E-state index contributed by atoms with van der Waals surface area (Å²) < 4.78 is 14.0. The van der Waals surface area contributed by atoms with Gasteiger partial charge in [-0.05, 0) is 24.6 Å². The Bertz CT molecular complexity index is 610. The smallest absolute Gasteiger partial charge is 0.134 e. The average Bonchev–Trinajstić information content (AvgIpc) is 2.80. The van der Waals surface area contributed by atoms with Crippen LogP contribution in [-0.4, -0.2) is 11.0 Å². The molecule has 0 aliphatic carbocycles. The van der Waals surface area contributed by atoms with Gasteiger partial charge in [0.1, 0.15) is 10.8 Å². The Morgan fingerprint density at radius 1 is 1.38 bits per heavy atom. The van der Waals surface area contributed by atoms with E-state index in [4.69, 9.17) is 11.6 Å². The van der Waals surface area contributed by atoms with E-state index >= 15 is 0 Å². The first kappa shape index (κ1) is 16.4. The Labute approximate surface area is 134 Å². The first-order chi connectivity index (χ1) is 10.0. The van der Waals surface area contributed by atoms with Crippen molar-refractivity contribution in [2.75, 3.05) is 0 Å². The Morgan fingerprint density at radius 2 is 2.14 bits per heavy atom. The minimum atomic E-state index is -0.317. The van der Waals surface area contributed by atoms with Crippen LogP contribution < -0.4 is 5.32 Å². The van der Waals surface area contributed by atoms with Crippen molar-refractivity contribution < 1.29 is 4.39 Å². The molecule has 0 amide bonds. The third-order valence-electron chi connectivity index (χ3n) is 3.10. The fraction of sp³-hybridized carbons (Fsp3) is 0.438. The molecule has 0 spiro atoms. The molecule has 1 aromatic carbocycles. The molecule has 0 aliphatic rings. The van der Waals surface area contributed by atoms with Gasteiger partial charge in [-0.15, -0.1) is 11.3 Å². The number of hydrogen-bond acceptors (Lipinski definition) is 3. The lowest BCUT2D eigenvalue weighted by Gasteiger charge is -2.07. The van der Waals surface area contributed by atoms with Crippen LogP contribution >= 0.6 is 22.9 Å². The van der Waals surface area contributed by atoms with Crippen molar-refractivity contribution >= 4 is 22.9 Å². The number of benzene rings is 1. The molecule has 1 N–H and O–H groups in total. The van der Waals surface area contributed by atoms with E-state index in [2.05, 4.69) is 31.1 Å². The molecule has 2 rings (SSSR count). The maximum atomic E-state index is 14.0. The van der Waals surface area contributed by atoms with Crippen LogP contribution in [0.3, 0.4) is 0 Å². The first-order valence-electron chi connectivity index (χ1n) is 7.18. The predicted octanol–water partition coefficient (Wildman–Crippen LogP) is 5.05. The van der Waals surface area contributed by atoms with Crippen LogP contribution in [0.25, 0.3) is 10.6 Å². The van der Waals surface area contributed by atoms with Gasteiger partial charge >= 0.3 is 0 Å². The first-order valence-corrected chi connectivity index (χ1v) is 8.38. The zero-order valence-corrected chi connectivity index (χ0v) is 14.1. The molecule has 0 aliphatic heterocycles. The standard InChI is InChI=1S/C16H20ClFN2S/c1-4-5-14-15(9-19-10(2)3)21-16(20-14)12-7-6-11(17)8-13(12)18/h6-8,10,19H,4-5,9H2,1-3H3. The maximum Gasteiger partial charge on any atom is 0.134 e. The van der Waals surface area contributed by atoms with Crippen LogP contribution in [0.2, 0.25) is 5.02 Å². The van der Waals surface area contributed by atoms with E-state index in [0.717, 1.165) is 30.1 Å². The number of thiazole rings is 1. The summed E-state index contributed by atoms with van der Waals surface area (Å²) in [5.41, 5.74) is 1.59. The molecule has 21 heavy (non-hydrogen) atoms. The van der Waals surface area contributed by atoms with E-state index in [1.54, 1.807) is 23.5 Å². The Hall–Kier alpha value is -0.970. The van der Waals surface area contributed by atoms with E-state index in [0.29, 0.717) is 16.6 Å². The lowest BCUT2D eigenvalue weighted by atomic mass is 10.2. The van der Waals surface area contributed by atoms with Crippen molar-refractivity contribution in [2.24, 2.45) is 0 Å². The second-order valence-corrected chi connectivity index (χ2v) is 6.82. The van der Waals surface area contributed by atoms with Crippen molar-refractivity contribution in [3.63, 3.8) is 0 Å². The minimum absolute atomic E-state index is 0.317. The molecule has 5 heteroatoms. The summed E-state index contributed by atoms with van der Waals surface area (Å²) in [6.07, 6.45) is 1.95. The number of hydrogen-bond donors (Lipinski definition) is 1. The molecular weight excluding hydrogens is 307 g/mol. The minimum Gasteiger partial charge on any atom is -0.310 e. The topological polar surface area (TPSA) is 24.9 Å². The monoisotopic (exact) mass is 326 g/mol. The summed E-state index contributed by atoms with van der Waals surface area (Å²) in [5.74, 6) is -0.317. The second kappa shape index (κ2) is 7.34. The maximum absolute atomic E-state index is 14.0.